The molecule has 0 spiro atoms. The second kappa shape index (κ2) is 11.3. The molecule has 1 N–H and O–H groups in total. The molecule has 2 heterocycles. The summed E-state index contributed by atoms with van der Waals surface area (Å²) in [6.45, 7) is 1.20. The lowest BCUT2D eigenvalue weighted by Crippen LogP contribution is -2.42. The molecule has 1 unspecified atom stereocenters. The van der Waals surface area contributed by atoms with Crippen LogP contribution in [0.15, 0.2) is 94.6 Å². The number of ether oxygens (including phenoxy) is 3. The fourth-order valence-electron chi connectivity index (χ4n) is 5.53. The monoisotopic (exact) mass is 598 g/mol. The molecule has 40 heavy (non-hydrogen) atoms. The number of nitrogens with zero attached hydrogens (tertiary/aromatic N) is 1. The minimum atomic E-state index is -0.422. The highest BCUT2D eigenvalue weighted by Gasteiger charge is 2.43. The minimum absolute atomic E-state index is 0.0110. The molecule has 0 fully saturated rings. The molecule has 7 heteroatoms. The third-order valence-corrected chi connectivity index (χ3v) is 8.20. The van der Waals surface area contributed by atoms with Crippen molar-refractivity contribution in [1.82, 2.24) is 10.2 Å². The van der Waals surface area contributed by atoms with Crippen LogP contribution < -0.4 is 19.5 Å². The Morgan fingerprint density at radius 3 is 2.25 bits per heavy atom. The van der Waals surface area contributed by atoms with Crippen LogP contribution in [0.1, 0.15) is 16.7 Å². The van der Waals surface area contributed by atoms with Crippen molar-refractivity contribution in [3.05, 3.63) is 111 Å². The van der Waals surface area contributed by atoms with E-state index in [-0.39, 0.29) is 5.91 Å². The Bertz CT molecular complexity index is 1580. The third kappa shape index (κ3) is 5.13. The molecule has 0 saturated heterocycles. The first-order valence-electron chi connectivity index (χ1n) is 13.5. The zero-order valence-electron chi connectivity index (χ0n) is 22.6. The van der Waals surface area contributed by atoms with Gasteiger partial charge in [0.25, 0.3) is 5.91 Å². The predicted octanol–water partition coefficient (Wildman–Crippen LogP) is 6.05. The second-order valence-corrected chi connectivity index (χ2v) is 11.0. The molecule has 1 atom stereocenters. The van der Waals surface area contributed by atoms with Gasteiger partial charge in [0.2, 0.25) is 0 Å². The molecule has 4 aromatic carbocycles. The summed E-state index contributed by atoms with van der Waals surface area (Å²) in [6, 6.07) is 26.4. The highest BCUT2D eigenvalue weighted by Crippen LogP contribution is 2.41. The van der Waals surface area contributed by atoms with Crippen LogP contribution in [0.2, 0.25) is 0 Å². The van der Waals surface area contributed by atoms with Gasteiger partial charge in [0.15, 0.2) is 6.23 Å². The normalized spacial score (nSPS) is 16.0. The second-order valence-electron chi connectivity index (χ2n) is 10.1. The van der Waals surface area contributed by atoms with Gasteiger partial charge in [0, 0.05) is 35.1 Å². The van der Waals surface area contributed by atoms with Crippen LogP contribution >= 0.6 is 15.9 Å². The maximum absolute atomic E-state index is 13.9. The molecule has 0 bridgehead atoms. The number of rotatable bonds is 9. The Kier molecular flexibility index (Phi) is 7.39. The van der Waals surface area contributed by atoms with Crippen LogP contribution in [-0.4, -0.2) is 44.3 Å². The molecule has 2 aliphatic heterocycles. The SMILES string of the molecule is COc1ccc(CCNC2=C3Cc4c(ccc5cc(Br)ccc45)OC3N(CCc3ccc(OC)cc3)C2=O)cc1. The van der Waals surface area contributed by atoms with Crippen molar-refractivity contribution in [2.45, 2.75) is 25.5 Å². The zero-order chi connectivity index (χ0) is 27.6. The maximum atomic E-state index is 13.9. The van der Waals surface area contributed by atoms with E-state index in [9.17, 15) is 4.79 Å². The van der Waals surface area contributed by atoms with Gasteiger partial charge in [-0.25, -0.2) is 0 Å². The predicted molar refractivity (Wildman–Crippen MR) is 160 cm³/mol. The summed E-state index contributed by atoms with van der Waals surface area (Å²) in [5.41, 5.74) is 5.10. The minimum Gasteiger partial charge on any atom is -0.497 e. The molecule has 2 aliphatic rings. The van der Waals surface area contributed by atoms with E-state index >= 15 is 0 Å². The average Bonchev–Trinajstić information content (AvgIpc) is 3.24. The van der Waals surface area contributed by atoms with Crippen molar-refractivity contribution in [3.8, 4) is 17.2 Å². The number of benzene rings is 4. The number of hydrogen-bond donors (Lipinski definition) is 1. The van der Waals surface area contributed by atoms with E-state index in [0.717, 1.165) is 62.0 Å². The number of carbonyl (C=O) groups excluding carboxylic acids is 1. The third-order valence-electron chi connectivity index (χ3n) is 7.71. The van der Waals surface area contributed by atoms with Crippen molar-refractivity contribution in [2.24, 2.45) is 0 Å². The summed E-state index contributed by atoms with van der Waals surface area (Å²) in [5.74, 6) is 2.48. The van der Waals surface area contributed by atoms with E-state index in [4.69, 9.17) is 14.2 Å². The lowest BCUT2D eigenvalue weighted by atomic mass is 9.94. The molecule has 0 aromatic heterocycles. The topological polar surface area (TPSA) is 60.0 Å². The molecule has 0 aliphatic carbocycles. The maximum Gasteiger partial charge on any atom is 0.273 e. The van der Waals surface area contributed by atoms with Gasteiger partial charge in [0.1, 0.15) is 22.9 Å². The van der Waals surface area contributed by atoms with Crippen molar-refractivity contribution in [1.29, 1.82) is 0 Å². The highest BCUT2D eigenvalue weighted by atomic mass is 79.9. The molecule has 6 rings (SSSR count). The molecule has 0 saturated carbocycles. The number of amides is 1. The quantitative estimate of drug-likeness (QED) is 0.254. The number of halogens is 1. The number of carbonyl (C=O) groups is 1. The molecule has 204 valence electrons. The Hall–Kier alpha value is -3.97. The summed E-state index contributed by atoms with van der Waals surface area (Å²) < 4.78 is 18.2. The number of hydrogen-bond acceptors (Lipinski definition) is 5. The van der Waals surface area contributed by atoms with Crippen LogP contribution in [0.4, 0.5) is 0 Å². The Morgan fingerprint density at radius 2 is 1.57 bits per heavy atom. The first kappa shape index (κ1) is 26.3. The van der Waals surface area contributed by atoms with E-state index in [1.807, 2.05) is 47.4 Å². The van der Waals surface area contributed by atoms with Crippen molar-refractivity contribution in [2.75, 3.05) is 27.3 Å². The van der Waals surface area contributed by atoms with E-state index in [0.29, 0.717) is 25.2 Å². The Labute approximate surface area is 242 Å². The van der Waals surface area contributed by atoms with Crippen molar-refractivity contribution < 1.29 is 19.0 Å². The summed E-state index contributed by atoms with van der Waals surface area (Å²) >= 11 is 3.58. The van der Waals surface area contributed by atoms with Crippen LogP contribution in [-0.2, 0) is 24.1 Å². The molecule has 1 amide bonds. The lowest BCUT2D eigenvalue weighted by molar-refractivity contribution is -0.131. The largest absolute Gasteiger partial charge is 0.497 e. The summed E-state index contributed by atoms with van der Waals surface area (Å²) in [5, 5.41) is 5.78. The lowest BCUT2D eigenvalue weighted by Gasteiger charge is -2.32. The van der Waals surface area contributed by atoms with Gasteiger partial charge in [-0.1, -0.05) is 52.3 Å². The van der Waals surface area contributed by atoms with Gasteiger partial charge in [-0.2, -0.15) is 0 Å². The smallest absolute Gasteiger partial charge is 0.273 e. The summed E-state index contributed by atoms with van der Waals surface area (Å²) in [4.78, 5) is 15.7. The Balaban J connectivity index is 1.27. The molecule has 6 nitrogen and oxygen atoms in total. The van der Waals surface area contributed by atoms with Crippen LogP contribution in [0.3, 0.4) is 0 Å². The van der Waals surface area contributed by atoms with Crippen LogP contribution in [0.25, 0.3) is 10.8 Å². The van der Waals surface area contributed by atoms with Gasteiger partial charge in [-0.3, -0.25) is 9.69 Å². The van der Waals surface area contributed by atoms with E-state index < -0.39 is 6.23 Å². The summed E-state index contributed by atoms with van der Waals surface area (Å²) in [6.07, 6.45) is 1.75. The zero-order valence-corrected chi connectivity index (χ0v) is 24.2. The van der Waals surface area contributed by atoms with Gasteiger partial charge in [-0.05, 0) is 77.2 Å². The standard InChI is InChI=1S/C33H31BrN2O4/c1-38-25-9-3-21(4-10-25)15-17-35-31-29-20-28-27-13-8-24(34)19-23(27)7-14-30(28)40-33(29)36(32(31)37)18-16-22-5-11-26(39-2)12-6-22/h3-14,19,33,35H,15-18,20H2,1-2H3. The van der Waals surface area contributed by atoms with E-state index in [2.05, 4.69) is 57.6 Å². The number of methoxy groups -OCH3 is 2. The number of fused-ring (bicyclic) bond motifs is 4. The van der Waals surface area contributed by atoms with Gasteiger partial charge >= 0.3 is 0 Å². The Morgan fingerprint density at radius 1 is 0.900 bits per heavy atom. The molecule has 0 radical (unpaired) electrons. The highest BCUT2D eigenvalue weighted by molar-refractivity contribution is 9.10. The van der Waals surface area contributed by atoms with Crippen LogP contribution in [0, 0.1) is 0 Å². The van der Waals surface area contributed by atoms with Crippen LogP contribution in [0.5, 0.6) is 17.2 Å². The molecular formula is C33H31BrN2O4. The van der Waals surface area contributed by atoms with E-state index in [1.165, 1.54) is 5.56 Å². The van der Waals surface area contributed by atoms with Gasteiger partial charge in [-0.15, -0.1) is 0 Å². The van der Waals surface area contributed by atoms with Gasteiger partial charge in [0.05, 0.1) is 14.2 Å². The number of nitrogens with one attached hydrogen (secondary N) is 1. The fraction of sp³-hybridized carbons (Fsp3) is 0.242. The molecular weight excluding hydrogens is 568 g/mol. The van der Waals surface area contributed by atoms with Crippen molar-refractivity contribution >= 4 is 32.6 Å². The fourth-order valence-corrected chi connectivity index (χ4v) is 5.91. The van der Waals surface area contributed by atoms with E-state index in [1.54, 1.807) is 14.2 Å². The first-order chi connectivity index (χ1) is 19.5. The average molecular weight is 600 g/mol. The van der Waals surface area contributed by atoms with Crippen molar-refractivity contribution in [3.63, 3.8) is 0 Å². The first-order valence-corrected chi connectivity index (χ1v) is 14.2. The summed E-state index contributed by atoms with van der Waals surface area (Å²) in [7, 11) is 3.33. The van der Waals surface area contributed by atoms with Gasteiger partial charge < -0.3 is 19.5 Å². The molecule has 4 aromatic rings.